The number of nitrogens with zero attached hydrogens (tertiary/aromatic N) is 1. The maximum absolute atomic E-state index is 13.0. The first-order chi connectivity index (χ1) is 15.4. The number of hydrogen-bond acceptors (Lipinski definition) is 6. The van der Waals surface area contributed by atoms with Crippen LogP contribution in [-0.4, -0.2) is 32.5 Å². The number of hydrogen-bond donors (Lipinski definition) is 2. The molecule has 9 heteroatoms. The van der Waals surface area contributed by atoms with Crippen molar-refractivity contribution in [2.75, 3.05) is 17.9 Å². The predicted molar refractivity (Wildman–Crippen MR) is 121 cm³/mol. The number of pyridine rings is 1. The average Bonchev–Trinajstić information content (AvgIpc) is 2.79. The lowest BCUT2D eigenvalue weighted by molar-refractivity contribution is 0.0951. The SMILES string of the molecule is CCOc1ccc(S(=O)(=O)Nc2ccccc2C(=O)NCc2cccnc2)cc1OCC. The molecule has 0 aliphatic heterocycles. The van der Waals surface area contributed by atoms with Crippen molar-refractivity contribution >= 4 is 21.6 Å². The summed E-state index contributed by atoms with van der Waals surface area (Å²) in [5.41, 5.74) is 1.20. The van der Waals surface area contributed by atoms with Gasteiger partial charge in [0.05, 0.1) is 29.4 Å². The van der Waals surface area contributed by atoms with Crippen LogP contribution in [0, 0.1) is 0 Å². The van der Waals surface area contributed by atoms with Gasteiger partial charge in [0.1, 0.15) is 0 Å². The molecular weight excluding hydrogens is 430 g/mol. The molecule has 0 bridgehead atoms. The number of aromatic nitrogens is 1. The maximum Gasteiger partial charge on any atom is 0.262 e. The first-order valence-corrected chi connectivity index (χ1v) is 11.6. The van der Waals surface area contributed by atoms with Crippen molar-refractivity contribution < 1.29 is 22.7 Å². The summed E-state index contributed by atoms with van der Waals surface area (Å²) in [5.74, 6) is 0.386. The molecule has 1 amide bonds. The van der Waals surface area contributed by atoms with Crippen LogP contribution >= 0.6 is 0 Å². The molecule has 0 radical (unpaired) electrons. The highest BCUT2D eigenvalue weighted by molar-refractivity contribution is 7.92. The molecule has 32 heavy (non-hydrogen) atoms. The summed E-state index contributed by atoms with van der Waals surface area (Å²) in [5, 5.41) is 2.78. The van der Waals surface area contributed by atoms with E-state index in [-0.39, 0.29) is 22.7 Å². The van der Waals surface area contributed by atoms with E-state index in [0.29, 0.717) is 24.7 Å². The van der Waals surface area contributed by atoms with Crippen molar-refractivity contribution in [3.8, 4) is 11.5 Å². The van der Waals surface area contributed by atoms with Crippen molar-refractivity contribution in [3.05, 3.63) is 78.1 Å². The topological polar surface area (TPSA) is 107 Å². The van der Waals surface area contributed by atoms with Gasteiger partial charge in [0.25, 0.3) is 15.9 Å². The van der Waals surface area contributed by atoms with Crippen molar-refractivity contribution in [3.63, 3.8) is 0 Å². The summed E-state index contributed by atoms with van der Waals surface area (Å²) in [6.07, 6.45) is 3.30. The number of rotatable bonds is 10. The minimum atomic E-state index is -3.98. The number of nitrogens with one attached hydrogen (secondary N) is 2. The van der Waals surface area contributed by atoms with Crippen LogP contribution in [0.3, 0.4) is 0 Å². The molecule has 0 aliphatic rings. The molecular formula is C23H25N3O5S. The second kappa shape index (κ2) is 10.6. The third kappa shape index (κ3) is 5.76. The number of ether oxygens (including phenoxy) is 2. The van der Waals surface area contributed by atoms with Gasteiger partial charge in [-0.05, 0) is 49.7 Å². The van der Waals surface area contributed by atoms with E-state index in [1.165, 1.54) is 18.2 Å². The van der Waals surface area contributed by atoms with Gasteiger partial charge in [0.2, 0.25) is 0 Å². The smallest absolute Gasteiger partial charge is 0.262 e. The van der Waals surface area contributed by atoms with Crippen LogP contribution in [0.4, 0.5) is 5.69 Å². The lowest BCUT2D eigenvalue weighted by Gasteiger charge is -2.15. The van der Waals surface area contributed by atoms with Gasteiger partial charge in [-0.2, -0.15) is 0 Å². The number of anilines is 1. The molecule has 1 heterocycles. The van der Waals surface area contributed by atoms with E-state index in [1.807, 2.05) is 13.0 Å². The first kappa shape index (κ1) is 23.1. The zero-order valence-corrected chi connectivity index (χ0v) is 18.7. The summed E-state index contributed by atoms with van der Waals surface area (Å²) in [6.45, 7) is 4.68. The second-order valence-corrected chi connectivity index (χ2v) is 8.35. The van der Waals surface area contributed by atoms with Crippen LogP contribution in [0.1, 0.15) is 29.8 Å². The minimum absolute atomic E-state index is 0.00465. The third-order valence-corrected chi connectivity index (χ3v) is 5.78. The van der Waals surface area contributed by atoms with Gasteiger partial charge in [-0.1, -0.05) is 18.2 Å². The molecule has 0 spiro atoms. The Labute approximate surface area is 187 Å². The van der Waals surface area contributed by atoms with Gasteiger partial charge in [-0.25, -0.2) is 8.42 Å². The van der Waals surface area contributed by atoms with Crippen molar-refractivity contribution in [2.24, 2.45) is 0 Å². The van der Waals surface area contributed by atoms with Crippen LogP contribution in [-0.2, 0) is 16.6 Å². The molecule has 0 fully saturated rings. The van der Waals surface area contributed by atoms with Crippen LogP contribution in [0.15, 0.2) is 71.9 Å². The van der Waals surface area contributed by atoms with E-state index in [1.54, 1.807) is 49.6 Å². The molecule has 3 rings (SSSR count). The first-order valence-electron chi connectivity index (χ1n) is 10.1. The molecule has 0 aliphatic carbocycles. The Morgan fingerprint density at radius 1 is 0.969 bits per heavy atom. The Balaban J connectivity index is 1.82. The molecule has 2 aromatic carbocycles. The van der Waals surface area contributed by atoms with Crippen LogP contribution in [0.2, 0.25) is 0 Å². The Morgan fingerprint density at radius 2 is 1.72 bits per heavy atom. The molecule has 8 nitrogen and oxygen atoms in total. The zero-order chi connectivity index (χ0) is 23.0. The lowest BCUT2D eigenvalue weighted by Crippen LogP contribution is -2.25. The minimum Gasteiger partial charge on any atom is -0.490 e. The average molecular weight is 456 g/mol. The summed E-state index contributed by atoms with van der Waals surface area (Å²) >= 11 is 0. The van der Waals surface area contributed by atoms with Gasteiger partial charge >= 0.3 is 0 Å². The Morgan fingerprint density at radius 3 is 2.44 bits per heavy atom. The summed E-state index contributed by atoms with van der Waals surface area (Å²) in [4.78, 5) is 16.7. The van der Waals surface area contributed by atoms with Gasteiger partial charge in [0.15, 0.2) is 11.5 Å². The Hall–Kier alpha value is -3.59. The van der Waals surface area contributed by atoms with Crippen LogP contribution < -0.4 is 19.5 Å². The van der Waals surface area contributed by atoms with E-state index in [4.69, 9.17) is 9.47 Å². The highest BCUT2D eigenvalue weighted by Crippen LogP contribution is 2.31. The molecule has 2 N–H and O–H groups in total. The Bertz CT molecular complexity index is 1170. The largest absolute Gasteiger partial charge is 0.490 e. The van der Waals surface area contributed by atoms with Gasteiger partial charge < -0.3 is 14.8 Å². The van der Waals surface area contributed by atoms with Crippen molar-refractivity contribution in [1.29, 1.82) is 0 Å². The fourth-order valence-corrected chi connectivity index (χ4v) is 4.05. The standard InChI is InChI=1S/C23H25N3O5S/c1-3-30-21-12-11-18(14-22(21)31-4-2)32(28,29)26-20-10-6-5-9-19(20)23(27)25-16-17-8-7-13-24-15-17/h5-15,26H,3-4,16H2,1-2H3,(H,25,27). The summed E-state index contributed by atoms with van der Waals surface area (Å²) in [7, 11) is -3.98. The molecule has 168 valence electrons. The monoisotopic (exact) mass is 455 g/mol. The normalized spacial score (nSPS) is 10.9. The quantitative estimate of drug-likeness (QED) is 0.484. The third-order valence-electron chi connectivity index (χ3n) is 4.42. The summed E-state index contributed by atoms with van der Waals surface area (Å²) in [6, 6.07) is 14.4. The van der Waals surface area contributed by atoms with E-state index in [0.717, 1.165) is 5.56 Å². The van der Waals surface area contributed by atoms with Gasteiger partial charge in [-0.3, -0.25) is 14.5 Å². The molecule has 1 aromatic heterocycles. The second-order valence-electron chi connectivity index (χ2n) is 6.67. The number of sulfonamides is 1. The van der Waals surface area contributed by atoms with E-state index in [9.17, 15) is 13.2 Å². The predicted octanol–water partition coefficient (Wildman–Crippen LogP) is 3.61. The van der Waals surface area contributed by atoms with Crippen LogP contribution in [0.25, 0.3) is 0 Å². The lowest BCUT2D eigenvalue weighted by atomic mass is 10.1. The highest BCUT2D eigenvalue weighted by Gasteiger charge is 2.20. The van der Waals surface area contributed by atoms with Crippen molar-refractivity contribution in [2.45, 2.75) is 25.3 Å². The summed E-state index contributed by atoms with van der Waals surface area (Å²) < 4.78 is 39.6. The van der Waals surface area contributed by atoms with E-state index in [2.05, 4.69) is 15.0 Å². The fourth-order valence-electron chi connectivity index (χ4n) is 2.95. The number of benzene rings is 2. The molecule has 0 unspecified atom stereocenters. The van der Waals surface area contributed by atoms with E-state index < -0.39 is 15.9 Å². The molecule has 0 saturated carbocycles. The molecule has 3 aromatic rings. The number of carbonyl (C=O) groups is 1. The number of para-hydroxylation sites is 1. The molecule has 0 atom stereocenters. The van der Waals surface area contributed by atoms with Gasteiger partial charge in [0, 0.05) is 25.0 Å². The number of amides is 1. The number of carbonyl (C=O) groups excluding carboxylic acids is 1. The zero-order valence-electron chi connectivity index (χ0n) is 17.9. The van der Waals surface area contributed by atoms with Gasteiger partial charge in [-0.15, -0.1) is 0 Å². The Kier molecular flexibility index (Phi) is 7.67. The maximum atomic E-state index is 13.0. The van der Waals surface area contributed by atoms with Crippen molar-refractivity contribution in [1.82, 2.24) is 10.3 Å². The molecule has 0 saturated heterocycles. The highest BCUT2D eigenvalue weighted by atomic mass is 32.2. The fraction of sp³-hybridized carbons (Fsp3) is 0.217. The van der Waals surface area contributed by atoms with Crippen LogP contribution in [0.5, 0.6) is 11.5 Å². The van der Waals surface area contributed by atoms with E-state index >= 15 is 0 Å².